The highest BCUT2D eigenvalue weighted by Gasteiger charge is 2.34. The summed E-state index contributed by atoms with van der Waals surface area (Å²) in [4.78, 5) is 3.91. The Morgan fingerprint density at radius 1 is 1.10 bits per heavy atom. The molecule has 2 aromatic heterocycles. The highest BCUT2D eigenvalue weighted by Crippen LogP contribution is 2.36. The van der Waals surface area contributed by atoms with Crippen molar-refractivity contribution in [3.8, 4) is 0 Å². The van der Waals surface area contributed by atoms with Crippen molar-refractivity contribution >= 4 is 11.3 Å². The molecule has 3 aromatic rings. The topological polar surface area (TPSA) is 46.8 Å². The number of hydrogen-bond acceptors (Lipinski definition) is 5. The van der Waals surface area contributed by atoms with Gasteiger partial charge in [0.2, 0.25) is 0 Å². The SMILES string of the molecule is CCC(C)(C)n1nnnc1[C@@H](c1cccs1)N1CCC(Cc2ccccc2)CC1. The fraction of sp³-hybridized carbons (Fsp3) is 0.522. The maximum atomic E-state index is 4.52. The molecular formula is C23H31N5S. The minimum atomic E-state index is -0.0972. The molecule has 1 atom stereocenters. The summed E-state index contributed by atoms with van der Waals surface area (Å²) in [5.74, 6) is 1.72. The van der Waals surface area contributed by atoms with Crippen molar-refractivity contribution in [2.45, 2.75) is 58.0 Å². The van der Waals surface area contributed by atoms with Gasteiger partial charge in [-0.15, -0.1) is 16.4 Å². The smallest absolute Gasteiger partial charge is 0.174 e. The molecule has 4 rings (SSSR count). The molecule has 3 heterocycles. The average Bonchev–Trinajstić information content (AvgIpc) is 3.43. The third-order valence-corrected chi connectivity index (χ3v) is 7.30. The van der Waals surface area contributed by atoms with Gasteiger partial charge in [-0.1, -0.05) is 43.3 Å². The van der Waals surface area contributed by atoms with E-state index in [2.05, 4.69) is 89.0 Å². The molecule has 29 heavy (non-hydrogen) atoms. The minimum Gasteiger partial charge on any atom is -0.289 e. The van der Waals surface area contributed by atoms with Crippen LogP contribution in [0.25, 0.3) is 0 Å². The Morgan fingerprint density at radius 2 is 1.86 bits per heavy atom. The van der Waals surface area contributed by atoms with Crippen molar-refractivity contribution in [1.82, 2.24) is 25.1 Å². The van der Waals surface area contributed by atoms with E-state index in [0.717, 1.165) is 31.3 Å². The molecule has 0 spiro atoms. The van der Waals surface area contributed by atoms with E-state index >= 15 is 0 Å². The van der Waals surface area contributed by atoms with Gasteiger partial charge in [0.15, 0.2) is 5.82 Å². The van der Waals surface area contributed by atoms with Gasteiger partial charge >= 0.3 is 0 Å². The monoisotopic (exact) mass is 409 g/mol. The summed E-state index contributed by atoms with van der Waals surface area (Å²) in [5.41, 5.74) is 1.36. The number of benzene rings is 1. The van der Waals surface area contributed by atoms with Crippen molar-refractivity contribution in [3.63, 3.8) is 0 Å². The van der Waals surface area contributed by atoms with Crippen molar-refractivity contribution in [1.29, 1.82) is 0 Å². The molecule has 1 aromatic carbocycles. The number of likely N-dealkylation sites (tertiary alicyclic amines) is 1. The quantitative estimate of drug-likeness (QED) is 0.555. The molecule has 0 unspecified atom stereocenters. The zero-order valence-electron chi connectivity index (χ0n) is 17.7. The molecule has 1 fully saturated rings. The van der Waals surface area contributed by atoms with Crippen LogP contribution in [0, 0.1) is 5.92 Å². The molecule has 0 N–H and O–H groups in total. The van der Waals surface area contributed by atoms with E-state index in [1.165, 1.54) is 29.7 Å². The highest BCUT2D eigenvalue weighted by molar-refractivity contribution is 7.10. The zero-order chi connectivity index (χ0) is 20.3. The van der Waals surface area contributed by atoms with Crippen LogP contribution in [0.15, 0.2) is 47.8 Å². The Hall–Kier alpha value is -2.05. The van der Waals surface area contributed by atoms with Gasteiger partial charge in [-0.25, -0.2) is 4.68 Å². The predicted molar refractivity (Wildman–Crippen MR) is 118 cm³/mol. The van der Waals surface area contributed by atoms with Crippen molar-refractivity contribution in [2.24, 2.45) is 5.92 Å². The van der Waals surface area contributed by atoms with Crippen molar-refractivity contribution in [2.75, 3.05) is 13.1 Å². The van der Waals surface area contributed by atoms with E-state index < -0.39 is 0 Å². The summed E-state index contributed by atoms with van der Waals surface area (Å²) < 4.78 is 2.05. The van der Waals surface area contributed by atoms with E-state index in [4.69, 9.17) is 0 Å². The Morgan fingerprint density at radius 3 is 2.52 bits per heavy atom. The Labute approximate surface area is 177 Å². The maximum Gasteiger partial charge on any atom is 0.174 e. The lowest BCUT2D eigenvalue weighted by atomic mass is 9.89. The van der Waals surface area contributed by atoms with Gasteiger partial charge in [0.05, 0.1) is 5.54 Å². The van der Waals surface area contributed by atoms with E-state index in [1.807, 2.05) is 4.68 Å². The van der Waals surface area contributed by atoms with Crippen LogP contribution in [0.2, 0.25) is 0 Å². The van der Waals surface area contributed by atoms with Gasteiger partial charge in [0.25, 0.3) is 0 Å². The number of rotatable bonds is 7. The minimum absolute atomic E-state index is 0.0972. The van der Waals surface area contributed by atoms with Gasteiger partial charge in [-0.3, -0.25) is 4.90 Å². The summed E-state index contributed by atoms with van der Waals surface area (Å²) in [6.45, 7) is 8.79. The van der Waals surface area contributed by atoms with Crippen LogP contribution in [0.3, 0.4) is 0 Å². The van der Waals surface area contributed by atoms with Gasteiger partial charge in [-0.2, -0.15) is 0 Å². The predicted octanol–water partition coefficient (Wildman–Crippen LogP) is 4.92. The summed E-state index contributed by atoms with van der Waals surface area (Å²) in [7, 11) is 0. The second-order valence-corrected chi connectivity index (χ2v) is 9.68. The van der Waals surface area contributed by atoms with E-state index in [9.17, 15) is 0 Å². The second kappa shape index (κ2) is 8.76. The maximum absolute atomic E-state index is 4.52. The number of aromatic nitrogens is 4. The van der Waals surface area contributed by atoms with Gasteiger partial charge in [-0.05, 0) is 86.0 Å². The average molecular weight is 410 g/mol. The van der Waals surface area contributed by atoms with Crippen molar-refractivity contribution in [3.05, 3.63) is 64.1 Å². The fourth-order valence-electron chi connectivity index (χ4n) is 4.23. The summed E-state index contributed by atoms with van der Waals surface area (Å²) in [6.07, 6.45) is 4.60. The lowest BCUT2D eigenvalue weighted by molar-refractivity contribution is 0.139. The highest BCUT2D eigenvalue weighted by atomic mass is 32.1. The Balaban J connectivity index is 1.54. The molecule has 0 aliphatic carbocycles. The van der Waals surface area contributed by atoms with Gasteiger partial charge in [0, 0.05) is 4.88 Å². The molecule has 0 amide bonds. The first-order valence-corrected chi connectivity index (χ1v) is 11.6. The van der Waals surface area contributed by atoms with Crippen LogP contribution >= 0.6 is 11.3 Å². The molecule has 0 bridgehead atoms. The number of piperidine rings is 1. The summed E-state index contributed by atoms with van der Waals surface area (Å²) in [5, 5.41) is 15.1. The van der Waals surface area contributed by atoms with Crippen LogP contribution in [0.5, 0.6) is 0 Å². The first-order valence-electron chi connectivity index (χ1n) is 10.7. The first kappa shape index (κ1) is 20.2. The number of tetrazole rings is 1. The Bertz CT molecular complexity index is 879. The third-order valence-electron chi connectivity index (χ3n) is 6.37. The summed E-state index contributed by atoms with van der Waals surface area (Å²) in [6, 6.07) is 15.4. The third kappa shape index (κ3) is 4.43. The molecule has 154 valence electrons. The molecule has 1 saturated heterocycles. The van der Waals surface area contributed by atoms with E-state index in [-0.39, 0.29) is 11.6 Å². The molecule has 0 radical (unpaired) electrons. The van der Waals surface area contributed by atoms with E-state index in [1.54, 1.807) is 11.3 Å². The lowest BCUT2D eigenvalue weighted by Gasteiger charge is -2.37. The van der Waals surface area contributed by atoms with E-state index in [0.29, 0.717) is 0 Å². The summed E-state index contributed by atoms with van der Waals surface area (Å²) >= 11 is 1.80. The molecule has 6 heteroatoms. The van der Waals surface area contributed by atoms with Gasteiger partial charge in [0.1, 0.15) is 6.04 Å². The molecule has 0 saturated carbocycles. The first-order chi connectivity index (χ1) is 14.1. The number of nitrogens with zero attached hydrogens (tertiary/aromatic N) is 5. The van der Waals surface area contributed by atoms with Crippen LogP contribution in [0.1, 0.15) is 62.3 Å². The molecule has 1 aliphatic heterocycles. The lowest BCUT2D eigenvalue weighted by Crippen LogP contribution is -2.40. The molecule has 1 aliphatic rings. The van der Waals surface area contributed by atoms with Crippen LogP contribution < -0.4 is 0 Å². The fourth-order valence-corrected chi connectivity index (χ4v) is 5.08. The second-order valence-electron chi connectivity index (χ2n) is 8.70. The zero-order valence-corrected chi connectivity index (χ0v) is 18.5. The largest absolute Gasteiger partial charge is 0.289 e. The Kier molecular flexibility index (Phi) is 6.11. The number of thiophene rings is 1. The molecular weight excluding hydrogens is 378 g/mol. The number of hydrogen-bond donors (Lipinski definition) is 0. The standard InChI is InChI=1S/C23H31N5S/c1-4-23(2,3)28-22(24-25-26-28)21(20-11-8-16-29-20)27-14-12-19(13-15-27)17-18-9-6-5-7-10-18/h5-11,16,19,21H,4,12-15,17H2,1-3H3/t21-/m1/s1. The van der Waals surface area contributed by atoms with Gasteiger partial charge < -0.3 is 0 Å². The van der Waals surface area contributed by atoms with Crippen LogP contribution in [-0.2, 0) is 12.0 Å². The van der Waals surface area contributed by atoms with Crippen LogP contribution in [0.4, 0.5) is 0 Å². The normalized spacial score (nSPS) is 17.5. The van der Waals surface area contributed by atoms with Crippen molar-refractivity contribution < 1.29 is 0 Å². The van der Waals surface area contributed by atoms with Crippen LogP contribution in [-0.4, -0.2) is 38.2 Å². The molecule has 5 nitrogen and oxygen atoms in total.